The first kappa shape index (κ1) is 3.62. The van der Waals surface area contributed by atoms with Crippen LogP contribution in [0.5, 0.6) is 0 Å². The molecule has 0 amide bonds. The Bertz CT molecular complexity index is 29.0. The van der Waals surface area contributed by atoms with Crippen LogP contribution in [0.3, 0.4) is 0 Å². The van der Waals surface area contributed by atoms with E-state index in [4.69, 9.17) is 10.1 Å². The van der Waals surface area contributed by atoms with Crippen molar-refractivity contribution in [2.24, 2.45) is 0 Å². The largest absolute Gasteiger partial charge is 0.341 e. The van der Waals surface area contributed by atoms with Crippen LogP contribution < -0.4 is 0 Å². The van der Waals surface area contributed by atoms with Crippen LogP contribution in [0.25, 0.3) is 0 Å². The van der Waals surface area contributed by atoms with E-state index in [0.717, 1.165) is 0 Å². The van der Waals surface area contributed by atoms with Gasteiger partial charge in [-0.2, -0.15) is 0 Å². The van der Waals surface area contributed by atoms with Gasteiger partial charge in [-0.05, 0) is 0 Å². The Morgan fingerprint density at radius 1 is 2.00 bits per heavy atom. The van der Waals surface area contributed by atoms with Crippen molar-refractivity contribution >= 4 is 12.8 Å². The molecule has 0 saturated heterocycles. The maximum absolute atomic E-state index is 8.62. The quantitative estimate of drug-likeness (QED) is 0.310. The lowest BCUT2D eigenvalue weighted by atomic mass is 13.4. The first-order valence-electron chi connectivity index (χ1n) is 0.548. The Labute approximate surface area is 28.3 Å². The predicted octanol–water partition coefficient (Wildman–Crippen LogP) is 0.376. The van der Waals surface area contributed by atoms with Crippen LogP contribution in [0, 0.1) is 10.1 Å². The van der Waals surface area contributed by atoms with Crippen molar-refractivity contribution in [3.05, 3.63) is 10.1 Å². The molecule has 0 unspecified atom stereocenters. The first-order chi connectivity index (χ1) is 1.73. The van der Waals surface area contributed by atoms with Crippen LogP contribution >= 0.6 is 12.8 Å². The minimum Gasteiger partial charge on any atom is -0.244 e. The van der Waals surface area contributed by atoms with E-state index in [1.807, 2.05) is 0 Å². The Morgan fingerprint density at radius 3 is 2.00 bits per heavy atom. The summed E-state index contributed by atoms with van der Waals surface area (Å²) in [7, 11) is 0. The predicted molar refractivity (Wildman–Crippen MR) is 14.6 cm³/mol. The van der Waals surface area contributed by atoms with Gasteiger partial charge in [0.25, 0.3) is 0 Å². The van der Waals surface area contributed by atoms with Crippen LogP contribution in [0.1, 0.15) is 0 Å². The highest BCUT2D eigenvalue weighted by Crippen LogP contribution is 1.63. The van der Waals surface area contributed by atoms with Crippen molar-refractivity contribution < 1.29 is 4.33 Å². The second-order valence-corrected chi connectivity index (χ2v) is 0.522. The Balaban J connectivity index is 2.80. The molecule has 0 bridgehead atoms. The molecule has 0 aliphatic carbocycles. The summed E-state index contributed by atoms with van der Waals surface area (Å²) in [6.07, 6.45) is 0. The van der Waals surface area contributed by atoms with Gasteiger partial charge in [-0.1, -0.05) is 0 Å². The van der Waals surface area contributed by atoms with Gasteiger partial charge in [0.05, 0.1) is 0 Å². The van der Waals surface area contributed by atoms with Gasteiger partial charge in [0.15, 0.2) is 0 Å². The molecule has 4 heavy (non-hydrogen) atoms. The molecule has 0 aliphatic heterocycles. The molecule has 0 aliphatic rings. The summed E-state index contributed by atoms with van der Waals surface area (Å²) in [5.41, 5.74) is 0. The second kappa shape index (κ2) is 1.00. The van der Waals surface area contributed by atoms with Gasteiger partial charge in [-0.3, -0.25) is 0 Å². The lowest BCUT2D eigenvalue weighted by molar-refractivity contribution is -0.278. The molecule has 0 saturated carbocycles. The van der Waals surface area contributed by atoms with E-state index in [1.165, 1.54) is 0 Å². The van der Waals surface area contributed by atoms with Crippen LogP contribution in [-0.4, -0.2) is 4.33 Å². The van der Waals surface area contributed by atoms with E-state index in [1.54, 1.807) is 0 Å². The summed E-state index contributed by atoms with van der Waals surface area (Å²) in [4.78, 5) is 8.62. The lowest BCUT2D eigenvalue weighted by Crippen LogP contribution is -1.66. The van der Waals surface area contributed by atoms with E-state index in [2.05, 4.69) is 12.8 Å². The minimum absolute atomic E-state index is 0.917. The fraction of sp³-hybridized carbons (Fsp3) is 0. The van der Waals surface area contributed by atoms with Gasteiger partial charge in [-0.15, -0.1) is 0 Å². The summed E-state index contributed by atoms with van der Waals surface area (Å²) in [6.45, 7) is 0. The van der Waals surface area contributed by atoms with E-state index in [9.17, 15) is 0 Å². The third kappa shape index (κ3) is 4.31. The summed E-state index contributed by atoms with van der Waals surface area (Å²) < 4.78 is -0.917. The molecule has 1 radical (unpaired) electrons. The normalized spacial score (nSPS) is 6.00. The third-order valence-electron chi connectivity index (χ3n) is 0. The molecule has 0 fully saturated rings. The third-order valence-corrected chi connectivity index (χ3v) is 0. The van der Waals surface area contributed by atoms with E-state index in [-0.39, 0.29) is 0 Å². The van der Waals surface area contributed by atoms with E-state index in [0.29, 0.717) is 0 Å². The molecular weight excluding hydrogens is 78.1 g/mol. The van der Waals surface area contributed by atoms with Crippen molar-refractivity contribution in [2.75, 3.05) is 0 Å². The Hall–Kier alpha value is -0.380. The van der Waals surface area contributed by atoms with Crippen molar-refractivity contribution in [1.82, 2.24) is 0 Å². The summed E-state index contributed by atoms with van der Waals surface area (Å²) >= 11 is 3.34. The molecule has 23 valence electrons. The van der Waals surface area contributed by atoms with Gasteiger partial charge in [0.2, 0.25) is 0 Å². The molecule has 0 aromatic heterocycles. The smallest absolute Gasteiger partial charge is 0.244 e. The summed E-state index contributed by atoms with van der Waals surface area (Å²) in [5.74, 6) is 0. The lowest BCUT2D eigenvalue weighted by Gasteiger charge is -1.54. The van der Waals surface area contributed by atoms with Crippen LogP contribution in [-0.2, 0) is 0 Å². The van der Waals surface area contributed by atoms with Gasteiger partial charge in [-0.25, -0.2) is 10.1 Å². The van der Waals surface area contributed by atoms with Gasteiger partial charge in [0, 0.05) is 0 Å². The average molecular weight is 78.1 g/mol. The van der Waals surface area contributed by atoms with Crippen molar-refractivity contribution in [3.8, 4) is 0 Å². The zero-order chi connectivity index (χ0) is 3.58. The monoisotopic (exact) mass is 78.0 g/mol. The second-order valence-electron chi connectivity index (χ2n) is 0.224. The fourth-order valence-electron chi connectivity index (χ4n) is 0. The zero-order valence-corrected chi connectivity index (χ0v) is 2.49. The maximum atomic E-state index is 8.62. The highest BCUT2D eigenvalue weighted by molar-refractivity contribution is 7.73. The molecule has 0 aromatic carbocycles. The zero-order valence-electron chi connectivity index (χ0n) is 1.67. The molecule has 4 heteroatoms. The maximum Gasteiger partial charge on any atom is 0.341 e. The van der Waals surface area contributed by atoms with Crippen LogP contribution in [0.2, 0.25) is 0 Å². The SMILES string of the molecule is O=[N+]([O-])[S]. The molecular formula is NO2S. The number of nitrogens with zero attached hydrogens (tertiary/aromatic N) is 1. The molecule has 0 spiro atoms. The number of hydrogen-bond donors (Lipinski definition) is 0. The van der Waals surface area contributed by atoms with Crippen molar-refractivity contribution in [3.63, 3.8) is 0 Å². The summed E-state index contributed by atoms with van der Waals surface area (Å²) in [6, 6.07) is 0. The Kier molecular flexibility index (Phi) is 0.907. The minimum atomic E-state index is -0.917. The molecule has 0 heterocycles. The highest BCUT2D eigenvalue weighted by Gasteiger charge is 1.68. The highest BCUT2D eigenvalue weighted by atomic mass is 32.1. The van der Waals surface area contributed by atoms with Crippen LogP contribution in [0.4, 0.5) is 0 Å². The topological polar surface area (TPSA) is 43.1 Å². The molecule has 0 N–H and O–H groups in total. The molecule has 0 atom stereocenters. The average Bonchev–Trinajstić information content (AvgIpc) is 0.811. The molecule has 3 nitrogen and oxygen atoms in total. The number of nitro groups is 1. The van der Waals surface area contributed by atoms with Gasteiger partial charge >= 0.3 is 12.8 Å². The molecule has 0 aromatic rings. The Morgan fingerprint density at radius 2 is 2.00 bits per heavy atom. The van der Waals surface area contributed by atoms with E-state index < -0.39 is 4.33 Å². The number of hydrogen-bond acceptors (Lipinski definition) is 2. The summed E-state index contributed by atoms with van der Waals surface area (Å²) in [5, 5.41) is 8.62. The van der Waals surface area contributed by atoms with Crippen molar-refractivity contribution in [2.45, 2.75) is 0 Å². The number of rotatable bonds is 0. The first-order valence-corrected chi connectivity index (χ1v) is 0.913. The van der Waals surface area contributed by atoms with E-state index >= 15 is 0 Å². The van der Waals surface area contributed by atoms with Gasteiger partial charge in [0.1, 0.15) is 4.33 Å². The fourth-order valence-corrected chi connectivity index (χ4v) is 0. The van der Waals surface area contributed by atoms with Gasteiger partial charge < -0.3 is 0 Å². The standard InChI is InChI=1S/NO2S/c2-1(3)4. The van der Waals surface area contributed by atoms with Crippen molar-refractivity contribution in [1.29, 1.82) is 0 Å². The van der Waals surface area contributed by atoms with Crippen LogP contribution in [0.15, 0.2) is 0 Å². The molecule has 0 rings (SSSR count).